The Bertz CT molecular complexity index is 1450. The molecule has 0 saturated heterocycles. The standard InChI is InChI=1S/C34H28P2/c1-2-3-4-16-25-35(30-19-8-5-9-20-30)33-26-28-17-14-15-18-29(28)27-34(33)36(31-21-10-6-11-22-31)32-23-12-7-13-24-32/h2-27H,1H2/b4-3-,25-16+. The Morgan fingerprint density at radius 2 is 0.944 bits per heavy atom. The van der Waals surface area contributed by atoms with Crippen LogP contribution < -0.4 is 26.5 Å². The zero-order chi connectivity index (χ0) is 24.6. The minimum Gasteiger partial charge on any atom is -0.0991 e. The molecule has 0 amide bonds. The Balaban J connectivity index is 1.80. The minimum absolute atomic E-state index is 0.725. The first-order valence-corrected chi connectivity index (χ1v) is 14.8. The van der Waals surface area contributed by atoms with Crippen molar-refractivity contribution in [1.82, 2.24) is 0 Å². The number of benzene rings is 5. The molecule has 0 saturated carbocycles. The summed E-state index contributed by atoms with van der Waals surface area (Å²) in [5.74, 6) is 2.38. The monoisotopic (exact) mass is 498 g/mol. The van der Waals surface area contributed by atoms with Crippen molar-refractivity contribution in [1.29, 1.82) is 0 Å². The smallest absolute Gasteiger partial charge is 0.00613 e. The SMILES string of the molecule is C=C/C=C\C=C\P(c1ccccc1)c1cc2ccccc2cc1P(c1ccccc1)c1ccccc1. The molecule has 0 N–H and O–H groups in total. The van der Waals surface area contributed by atoms with Crippen LogP contribution in [0.2, 0.25) is 0 Å². The summed E-state index contributed by atoms with van der Waals surface area (Å²) in [5, 5.41) is 9.50. The highest BCUT2D eigenvalue weighted by atomic mass is 31.1. The lowest BCUT2D eigenvalue weighted by atomic mass is 10.1. The molecule has 5 aromatic carbocycles. The molecule has 0 aromatic heterocycles. The first kappa shape index (κ1) is 24.1. The quantitative estimate of drug-likeness (QED) is 0.156. The van der Waals surface area contributed by atoms with Crippen molar-refractivity contribution in [3.8, 4) is 0 Å². The third-order valence-corrected chi connectivity index (χ3v) is 10.9. The van der Waals surface area contributed by atoms with Gasteiger partial charge >= 0.3 is 0 Å². The highest BCUT2D eigenvalue weighted by Gasteiger charge is 2.24. The van der Waals surface area contributed by atoms with E-state index in [-0.39, 0.29) is 0 Å². The van der Waals surface area contributed by atoms with Crippen molar-refractivity contribution in [2.24, 2.45) is 0 Å². The summed E-state index contributed by atoms with van der Waals surface area (Å²) in [6.45, 7) is 3.82. The summed E-state index contributed by atoms with van der Waals surface area (Å²) in [6, 6.07) is 46.5. The van der Waals surface area contributed by atoms with E-state index in [2.05, 4.69) is 152 Å². The van der Waals surface area contributed by atoms with E-state index in [1.165, 1.54) is 37.3 Å². The number of rotatable bonds is 8. The molecule has 0 bridgehead atoms. The van der Waals surface area contributed by atoms with Gasteiger partial charge in [-0.05, 0) is 65.3 Å². The third kappa shape index (κ3) is 5.47. The fourth-order valence-corrected chi connectivity index (χ4v) is 9.29. The average Bonchev–Trinajstić information content (AvgIpc) is 2.95. The van der Waals surface area contributed by atoms with Gasteiger partial charge in [0.15, 0.2) is 0 Å². The molecule has 5 rings (SSSR count). The van der Waals surface area contributed by atoms with Gasteiger partial charge in [0, 0.05) is 0 Å². The molecule has 5 aromatic rings. The van der Waals surface area contributed by atoms with Crippen molar-refractivity contribution >= 4 is 53.1 Å². The molecular weight excluding hydrogens is 470 g/mol. The Labute approximate surface area is 216 Å². The van der Waals surface area contributed by atoms with Gasteiger partial charge in [0.05, 0.1) is 0 Å². The third-order valence-electron chi connectivity index (χ3n) is 6.00. The molecule has 0 fully saturated rings. The van der Waals surface area contributed by atoms with Gasteiger partial charge in [0.1, 0.15) is 0 Å². The van der Waals surface area contributed by atoms with E-state index >= 15 is 0 Å². The highest BCUT2D eigenvalue weighted by molar-refractivity contribution is 7.83. The minimum atomic E-state index is -0.736. The topological polar surface area (TPSA) is 0 Å². The van der Waals surface area contributed by atoms with E-state index in [0.717, 1.165) is 0 Å². The lowest BCUT2D eigenvalue weighted by Crippen LogP contribution is -2.31. The van der Waals surface area contributed by atoms with Gasteiger partial charge in [-0.3, -0.25) is 0 Å². The van der Waals surface area contributed by atoms with Gasteiger partial charge in [-0.15, -0.1) is 0 Å². The van der Waals surface area contributed by atoms with Crippen LogP contribution in [0.5, 0.6) is 0 Å². The highest BCUT2D eigenvalue weighted by Crippen LogP contribution is 2.41. The summed E-state index contributed by atoms with van der Waals surface area (Å²) < 4.78 is 0. The predicted molar refractivity (Wildman–Crippen MR) is 164 cm³/mol. The van der Waals surface area contributed by atoms with Crippen LogP contribution in [0.1, 0.15) is 0 Å². The Hall–Kier alpha value is -3.56. The zero-order valence-electron chi connectivity index (χ0n) is 20.1. The van der Waals surface area contributed by atoms with Gasteiger partial charge in [0.2, 0.25) is 0 Å². The Morgan fingerprint density at radius 1 is 0.472 bits per heavy atom. The summed E-state index contributed by atoms with van der Waals surface area (Å²) in [6.07, 6.45) is 8.05. The molecule has 1 unspecified atom stereocenters. The number of fused-ring (bicyclic) bond motifs is 1. The summed E-state index contributed by atoms with van der Waals surface area (Å²) in [5.41, 5.74) is 0. The van der Waals surface area contributed by atoms with Gasteiger partial charge in [-0.25, -0.2) is 0 Å². The van der Waals surface area contributed by atoms with Crippen LogP contribution in [-0.4, -0.2) is 0 Å². The van der Waals surface area contributed by atoms with E-state index in [4.69, 9.17) is 0 Å². The maximum Gasteiger partial charge on any atom is -0.00613 e. The molecule has 0 heterocycles. The van der Waals surface area contributed by atoms with E-state index < -0.39 is 15.8 Å². The molecule has 0 radical (unpaired) electrons. The summed E-state index contributed by atoms with van der Waals surface area (Å²) in [4.78, 5) is 0. The Kier molecular flexibility index (Phi) is 7.99. The molecule has 36 heavy (non-hydrogen) atoms. The number of hydrogen-bond donors (Lipinski definition) is 0. The predicted octanol–water partition coefficient (Wildman–Crippen LogP) is 7.29. The first-order valence-electron chi connectivity index (χ1n) is 12.1. The first-order chi connectivity index (χ1) is 17.8. The van der Waals surface area contributed by atoms with Gasteiger partial charge in [-0.2, -0.15) is 0 Å². The van der Waals surface area contributed by atoms with E-state index in [9.17, 15) is 0 Å². The van der Waals surface area contributed by atoms with Crippen molar-refractivity contribution in [3.05, 3.63) is 164 Å². The van der Waals surface area contributed by atoms with E-state index in [0.29, 0.717) is 0 Å². The molecule has 0 aliphatic rings. The average molecular weight is 499 g/mol. The van der Waals surface area contributed by atoms with Crippen LogP contribution in [0.4, 0.5) is 0 Å². The van der Waals surface area contributed by atoms with Crippen molar-refractivity contribution in [2.75, 3.05) is 0 Å². The van der Waals surface area contributed by atoms with Crippen molar-refractivity contribution in [2.45, 2.75) is 0 Å². The summed E-state index contributed by atoms with van der Waals surface area (Å²) in [7, 11) is -1.46. The van der Waals surface area contributed by atoms with Crippen LogP contribution in [-0.2, 0) is 0 Å². The maximum atomic E-state index is 3.82. The number of hydrogen-bond acceptors (Lipinski definition) is 0. The van der Waals surface area contributed by atoms with E-state index in [1.54, 1.807) is 0 Å². The summed E-state index contributed by atoms with van der Waals surface area (Å²) >= 11 is 0. The second-order valence-electron chi connectivity index (χ2n) is 8.36. The largest absolute Gasteiger partial charge is 0.0991 e. The van der Waals surface area contributed by atoms with Crippen LogP contribution in [0.15, 0.2) is 164 Å². The van der Waals surface area contributed by atoms with Crippen LogP contribution >= 0.6 is 15.8 Å². The zero-order valence-corrected chi connectivity index (χ0v) is 21.9. The van der Waals surface area contributed by atoms with Crippen LogP contribution in [0.25, 0.3) is 10.8 Å². The molecule has 0 aliphatic carbocycles. The normalized spacial score (nSPS) is 12.5. The second-order valence-corrected chi connectivity index (χ2v) is 12.6. The molecule has 174 valence electrons. The van der Waals surface area contributed by atoms with Gasteiger partial charge in [-0.1, -0.05) is 152 Å². The molecular formula is C34H28P2. The molecule has 0 spiro atoms. The second kappa shape index (κ2) is 11.9. The van der Waals surface area contributed by atoms with Gasteiger partial charge < -0.3 is 0 Å². The Morgan fingerprint density at radius 3 is 1.47 bits per heavy atom. The lowest BCUT2D eigenvalue weighted by molar-refractivity contribution is 1.75. The fourth-order valence-electron chi connectivity index (χ4n) is 4.34. The molecule has 2 heteroatoms. The maximum absolute atomic E-state index is 3.82. The van der Waals surface area contributed by atoms with Crippen molar-refractivity contribution < 1.29 is 0 Å². The fraction of sp³-hybridized carbons (Fsp3) is 0. The molecule has 1 atom stereocenters. The molecule has 0 nitrogen and oxygen atoms in total. The van der Waals surface area contributed by atoms with Crippen LogP contribution in [0.3, 0.4) is 0 Å². The lowest BCUT2D eigenvalue weighted by Gasteiger charge is -2.26. The van der Waals surface area contributed by atoms with Gasteiger partial charge in [0.25, 0.3) is 0 Å². The van der Waals surface area contributed by atoms with E-state index in [1.807, 2.05) is 12.2 Å². The van der Waals surface area contributed by atoms with Crippen molar-refractivity contribution in [3.63, 3.8) is 0 Å². The van der Waals surface area contributed by atoms with Crippen LogP contribution in [0, 0.1) is 0 Å². The molecule has 0 aliphatic heterocycles. The number of allylic oxidation sites excluding steroid dienone is 4.